The average Bonchev–Trinajstić information content (AvgIpc) is 3.28. The van der Waals surface area contributed by atoms with Crippen molar-refractivity contribution in [3.8, 4) is 5.75 Å². The summed E-state index contributed by atoms with van der Waals surface area (Å²) in [4.78, 5) is 2.56. The second-order valence-electron chi connectivity index (χ2n) is 9.10. The van der Waals surface area contributed by atoms with Crippen LogP contribution in [0.15, 0.2) is 71.8 Å². The molecule has 1 atom stereocenters. The second kappa shape index (κ2) is 7.38. The van der Waals surface area contributed by atoms with E-state index in [9.17, 15) is 0 Å². The Hall–Kier alpha value is -2.85. The van der Waals surface area contributed by atoms with Crippen LogP contribution in [0.25, 0.3) is 10.8 Å². The third kappa shape index (κ3) is 3.12. The maximum Gasteiger partial charge on any atom is 0.200 e. The number of para-hydroxylation sites is 1. The van der Waals surface area contributed by atoms with Gasteiger partial charge in [0, 0.05) is 37.9 Å². The van der Waals surface area contributed by atoms with Crippen molar-refractivity contribution < 1.29 is 4.74 Å². The lowest BCUT2D eigenvalue weighted by Crippen LogP contribution is -2.59. The molecule has 0 N–H and O–H groups in total. The molecule has 3 aromatic rings. The molecule has 0 aromatic heterocycles. The quantitative estimate of drug-likeness (QED) is 0.563. The van der Waals surface area contributed by atoms with E-state index in [-0.39, 0.29) is 11.8 Å². The highest BCUT2D eigenvalue weighted by Gasteiger charge is 2.51. The van der Waals surface area contributed by atoms with Crippen molar-refractivity contribution in [1.82, 2.24) is 9.91 Å². The molecule has 0 amide bonds. The largest absolute Gasteiger partial charge is 0.466 e. The maximum absolute atomic E-state index is 6.75. The van der Waals surface area contributed by atoms with Crippen LogP contribution in [0.5, 0.6) is 5.75 Å². The van der Waals surface area contributed by atoms with Crippen LogP contribution in [0.3, 0.4) is 0 Å². The highest BCUT2D eigenvalue weighted by Crippen LogP contribution is 2.49. The Morgan fingerprint density at radius 3 is 2.58 bits per heavy atom. The van der Waals surface area contributed by atoms with E-state index < -0.39 is 0 Å². The molecule has 1 saturated heterocycles. The Bertz CT molecular complexity index is 1150. The van der Waals surface area contributed by atoms with Crippen molar-refractivity contribution >= 4 is 16.5 Å². The fourth-order valence-electron chi connectivity index (χ4n) is 5.55. The first-order valence-electron chi connectivity index (χ1n) is 11.6. The number of hydrogen-bond acceptors (Lipinski definition) is 4. The van der Waals surface area contributed by atoms with Crippen molar-refractivity contribution in [2.45, 2.75) is 44.4 Å². The molecule has 3 heterocycles. The summed E-state index contributed by atoms with van der Waals surface area (Å²) in [6.45, 7) is 5.57. The molecule has 31 heavy (non-hydrogen) atoms. The zero-order chi connectivity index (χ0) is 20.8. The SMILES string of the molecule is CCCN1CCC2(CC1)Oc1ccccc1[C@@H]1CC(c3ccc4ccccc4c3)=NN12. The molecule has 6 rings (SSSR count). The average molecular weight is 412 g/mol. The van der Waals surface area contributed by atoms with Gasteiger partial charge in [0.25, 0.3) is 0 Å². The minimum atomic E-state index is -0.331. The molecule has 0 bridgehead atoms. The minimum Gasteiger partial charge on any atom is -0.466 e. The summed E-state index contributed by atoms with van der Waals surface area (Å²) >= 11 is 0. The number of piperidine rings is 1. The van der Waals surface area contributed by atoms with Gasteiger partial charge in [-0.2, -0.15) is 5.10 Å². The van der Waals surface area contributed by atoms with Gasteiger partial charge in [-0.15, -0.1) is 0 Å². The zero-order valence-electron chi connectivity index (χ0n) is 18.1. The molecule has 0 saturated carbocycles. The Labute approximate surface area is 184 Å². The monoisotopic (exact) mass is 411 g/mol. The number of rotatable bonds is 3. The van der Waals surface area contributed by atoms with E-state index in [2.05, 4.69) is 83.6 Å². The van der Waals surface area contributed by atoms with Crippen molar-refractivity contribution in [2.24, 2.45) is 5.10 Å². The molecular weight excluding hydrogens is 382 g/mol. The fraction of sp³-hybridized carbons (Fsp3) is 0.370. The number of ether oxygens (including phenoxy) is 1. The van der Waals surface area contributed by atoms with E-state index in [1.165, 1.54) is 40.6 Å². The van der Waals surface area contributed by atoms with Gasteiger partial charge in [0.05, 0.1) is 11.8 Å². The predicted octanol–water partition coefficient (Wildman–Crippen LogP) is 5.59. The van der Waals surface area contributed by atoms with Gasteiger partial charge in [0.1, 0.15) is 5.75 Å². The first kappa shape index (κ1) is 18.9. The topological polar surface area (TPSA) is 28.1 Å². The van der Waals surface area contributed by atoms with E-state index in [0.29, 0.717) is 0 Å². The summed E-state index contributed by atoms with van der Waals surface area (Å²) in [7, 11) is 0. The Balaban J connectivity index is 1.39. The van der Waals surface area contributed by atoms with Gasteiger partial charge >= 0.3 is 0 Å². The normalized spacial score (nSPS) is 22.2. The molecule has 4 nitrogen and oxygen atoms in total. The summed E-state index contributed by atoms with van der Waals surface area (Å²) < 4.78 is 6.75. The van der Waals surface area contributed by atoms with E-state index in [1.807, 2.05) is 0 Å². The molecule has 1 spiro atoms. The molecule has 0 unspecified atom stereocenters. The number of hydrogen-bond donors (Lipinski definition) is 0. The second-order valence-corrected chi connectivity index (χ2v) is 9.10. The van der Waals surface area contributed by atoms with Crippen molar-refractivity contribution in [3.05, 3.63) is 77.9 Å². The number of hydrazone groups is 1. The first-order chi connectivity index (χ1) is 15.3. The van der Waals surface area contributed by atoms with Crippen molar-refractivity contribution in [1.29, 1.82) is 0 Å². The molecule has 3 aliphatic rings. The number of likely N-dealkylation sites (tertiary alicyclic amines) is 1. The highest BCUT2D eigenvalue weighted by molar-refractivity contribution is 6.04. The van der Waals surface area contributed by atoms with E-state index in [4.69, 9.17) is 9.84 Å². The van der Waals surface area contributed by atoms with Gasteiger partial charge in [-0.25, -0.2) is 5.01 Å². The van der Waals surface area contributed by atoms with Gasteiger partial charge in [0.15, 0.2) is 0 Å². The molecule has 4 heteroatoms. The van der Waals surface area contributed by atoms with Crippen LogP contribution in [0, 0.1) is 0 Å². The number of benzene rings is 3. The third-order valence-electron chi connectivity index (χ3n) is 7.17. The number of nitrogens with zero attached hydrogens (tertiary/aromatic N) is 3. The van der Waals surface area contributed by atoms with E-state index in [1.54, 1.807) is 0 Å². The lowest BCUT2D eigenvalue weighted by Gasteiger charge is -2.51. The number of fused-ring (bicyclic) bond motifs is 5. The molecular formula is C27H29N3O. The fourth-order valence-corrected chi connectivity index (χ4v) is 5.55. The van der Waals surface area contributed by atoms with Crippen LogP contribution < -0.4 is 4.74 Å². The van der Waals surface area contributed by atoms with Crippen LogP contribution in [0.1, 0.15) is 49.8 Å². The lowest BCUT2D eigenvalue weighted by molar-refractivity contribution is -0.149. The Morgan fingerprint density at radius 2 is 1.74 bits per heavy atom. The minimum absolute atomic E-state index is 0.254. The van der Waals surface area contributed by atoms with Crippen LogP contribution in [-0.2, 0) is 0 Å². The van der Waals surface area contributed by atoms with Crippen molar-refractivity contribution in [3.63, 3.8) is 0 Å². The summed E-state index contributed by atoms with van der Waals surface area (Å²) in [5, 5.41) is 10.1. The van der Waals surface area contributed by atoms with Crippen LogP contribution in [0.2, 0.25) is 0 Å². The zero-order valence-corrected chi connectivity index (χ0v) is 18.1. The molecule has 3 aliphatic heterocycles. The Morgan fingerprint density at radius 1 is 0.968 bits per heavy atom. The summed E-state index contributed by atoms with van der Waals surface area (Å²) in [6, 6.07) is 24.1. The molecule has 3 aromatic carbocycles. The highest BCUT2D eigenvalue weighted by atomic mass is 16.5. The molecule has 158 valence electrons. The maximum atomic E-state index is 6.75. The predicted molar refractivity (Wildman–Crippen MR) is 125 cm³/mol. The van der Waals surface area contributed by atoms with Gasteiger partial charge in [-0.1, -0.05) is 61.5 Å². The van der Waals surface area contributed by atoms with Gasteiger partial charge < -0.3 is 9.64 Å². The van der Waals surface area contributed by atoms with E-state index >= 15 is 0 Å². The standard InChI is InChI=1S/C27H29N3O/c1-2-15-29-16-13-27(14-17-29)30-25(23-9-5-6-10-26(23)31-27)19-24(28-30)22-12-11-20-7-3-4-8-21(20)18-22/h3-12,18,25H,2,13-17,19H2,1H3/t25-/m0/s1. The molecule has 0 aliphatic carbocycles. The van der Waals surface area contributed by atoms with Gasteiger partial charge in [-0.05, 0) is 41.4 Å². The van der Waals surface area contributed by atoms with Crippen molar-refractivity contribution in [2.75, 3.05) is 19.6 Å². The van der Waals surface area contributed by atoms with Crippen LogP contribution in [-0.4, -0.2) is 41.0 Å². The van der Waals surface area contributed by atoms with Crippen LogP contribution >= 0.6 is 0 Å². The lowest BCUT2D eigenvalue weighted by atomic mass is 9.90. The molecule has 1 fully saturated rings. The van der Waals surface area contributed by atoms with Crippen LogP contribution in [0.4, 0.5) is 0 Å². The summed E-state index contributed by atoms with van der Waals surface area (Å²) in [5.74, 6) is 1.04. The smallest absolute Gasteiger partial charge is 0.200 e. The summed E-state index contributed by atoms with van der Waals surface area (Å²) in [6.07, 6.45) is 4.12. The van der Waals surface area contributed by atoms with E-state index in [0.717, 1.165) is 38.1 Å². The molecule has 0 radical (unpaired) electrons. The Kier molecular flexibility index (Phi) is 4.50. The van der Waals surface area contributed by atoms with Gasteiger partial charge in [0.2, 0.25) is 5.72 Å². The summed E-state index contributed by atoms with van der Waals surface area (Å²) in [5.41, 5.74) is 3.33. The third-order valence-corrected chi connectivity index (χ3v) is 7.17. The van der Waals surface area contributed by atoms with Gasteiger partial charge in [-0.3, -0.25) is 0 Å². The first-order valence-corrected chi connectivity index (χ1v) is 11.6.